The Bertz CT molecular complexity index is 382. The van der Waals surface area contributed by atoms with Gasteiger partial charge in [0, 0.05) is 19.0 Å². The average molecular weight is 232 g/mol. The van der Waals surface area contributed by atoms with Crippen LogP contribution in [0.5, 0.6) is 0 Å². The van der Waals surface area contributed by atoms with Crippen LogP contribution in [0.3, 0.4) is 0 Å². The summed E-state index contributed by atoms with van der Waals surface area (Å²) in [5.74, 6) is -0.248. The van der Waals surface area contributed by atoms with Crippen LogP contribution in [0.2, 0.25) is 0 Å². The molecule has 2 rings (SSSR count). The Morgan fingerprint density at radius 2 is 1.93 bits per heavy atom. The van der Waals surface area contributed by atoms with E-state index in [0.717, 1.165) is 19.3 Å². The number of nitrogens with two attached hydrogens (primary N) is 1. The van der Waals surface area contributed by atoms with Gasteiger partial charge in [0.15, 0.2) is 0 Å². The number of nitrogens with zero attached hydrogens (tertiary/aromatic N) is 1. The molecule has 1 aliphatic carbocycles. The lowest BCUT2D eigenvalue weighted by molar-refractivity contribution is -0.120. The number of piperidine rings is 1. The third-order valence-electron chi connectivity index (χ3n) is 3.72. The summed E-state index contributed by atoms with van der Waals surface area (Å²) < 4.78 is 24.0. The van der Waals surface area contributed by atoms with Gasteiger partial charge < -0.3 is 5.73 Å². The van der Waals surface area contributed by atoms with Crippen LogP contribution in [0.25, 0.3) is 0 Å². The zero-order valence-electron chi connectivity index (χ0n) is 8.77. The van der Waals surface area contributed by atoms with E-state index in [1.165, 1.54) is 10.6 Å². The van der Waals surface area contributed by atoms with E-state index in [-0.39, 0.29) is 17.2 Å². The molecule has 2 fully saturated rings. The summed E-state index contributed by atoms with van der Waals surface area (Å²) in [6.45, 7) is 1.06. The molecular formula is C9H16N2O3S. The van der Waals surface area contributed by atoms with Crippen molar-refractivity contribution in [2.24, 2.45) is 17.1 Å². The molecule has 5 nitrogen and oxygen atoms in total. The first kappa shape index (κ1) is 10.9. The van der Waals surface area contributed by atoms with E-state index < -0.39 is 10.0 Å². The maximum atomic E-state index is 11.3. The Balaban J connectivity index is 1.97. The molecular weight excluding hydrogens is 216 g/mol. The van der Waals surface area contributed by atoms with Gasteiger partial charge in [0.1, 0.15) is 0 Å². The molecule has 1 unspecified atom stereocenters. The fourth-order valence-corrected chi connectivity index (χ4v) is 3.41. The van der Waals surface area contributed by atoms with Gasteiger partial charge in [-0.2, -0.15) is 0 Å². The second-order valence-corrected chi connectivity index (χ2v) is 6.67. The standard InChI is InChI=1S/C9H16N2O3S/c1-15(13,14)11-4-2-9(3-5-11)6-7(9)8(10)12/h7H,2-6H2,1H3,(H2,10,12). The van der Waals surface area contributed by atoms with E-state index in [4.69, 9.17) is 5.73 Å². The smallest absolute Gasteiger partial charge is 0.221 e. The first-order chi connectivity index (χ1) is 6.85. The van der Waals surface area contributed by atoms with Crippen molar-refractivity contribution in [3.63, 3.8) is 0 Å². The largest absolute Gasteiger partial charge is 0.369 e. The Morgan fingerprint density at radius 1 is 1.40 bits per heavy atom. The van der Waals surface area contributed by atoms with Crippen molar-refractivity contribution in [1.82, 2.24) is 4.31 Å². The summed E-state index contributed by atoms with van der Waals surface area (Å²) in [6, 6.07) is 0. The Hall–Kier alpha value is -0.620. The van der Waals surface area contributed by atoms with Crippen LogP contribution in [0.15, 0.2) is 0 Å². The van der Waals surface area contributed by atoms with Crippen molar-refractivity contribution in [3.8, 4) is 0 Å². The summed E-state index contributed by atoms with van der Waals surface area (Å²) in [6.07, 6.45) is 3.62. The summed E-state index contributed by atoms with van der Waals surface area (Å²) >= 11 is 0. The molecule has 1 spiro atoms. The summed E-state index contributed by atoms with van der Waals surface area (Å²) in [7, 11) is -3.07. The molecule has 1 heterocycles. The number of primary amides is 1. The summed E-state index contributed by atoms with van der Waals surface area (Å²) in [5.41, 5.74) is 5.29. The second-order valence-electron chi connectivity index (χ2n) is 4.68. The van der Waals surface area contributed by atoms with Gasteiger partial charge >= 0.3 is 0 Å². The maximum absolute atomic E-state index is 11.3. The van der Waals surface area contributed by atoms with Crippen LogP contribution in [0.4, 0.5) is 0 Å². The van der Waals surface area contributed by atoms with Crippen LogP contribution in [0.1, 0.15) is 19.3 Å². The van der Waals surface area contributed by atoms with Gasteiger partial charge in [-0.25, -0.2) is 12.7 Å². The predicted molar refractivity (Wildman–Crippen MR) is 55.4 cm³/mol. The highest BCUT2D eigenvalue weighted by molar-refractivity contribution is 7.88. The van der Waals surface area contributed by atoms with Crippen molar-refractivity contribution in [3.05, 3.63) is 0 Å². The molecule has 0 aromatic heterocycles. The minimum Gasteiger partial charge on any atom is -0.369 e. The minimum atomic E-state index is -3.07. The molecule has 86 valence electrons. The van der Waals surface area contributed by atoms with Gasteiger partial charge in [0.05, 0.1) is 6.26 Å². The Labute approximate surface area is 89.7 Å². The molecule has 0 bridgehead atoms. The number of hydrogen-bond donors (Lipinski definition) is 1. The third-order valence-corrected chi connectivity index (χ3v) is 5.02. The third kappa shape index (κ3) is 1.88. The van der Waals surface area contributed by atoms with Crippen molar-refractivity contribution in [2.45, 2.75) is 19.3 Å². The first-order valence-electron chi connectivity index (χ1n) is 5.10. The van der Waals surface area contributed by atoms with Crippen LogP contribution in [-0.4, -0.2) is 38.0 Å². The highest BCUT2D eigenvalue weighted by atomic mass is 32.2. The Morgan fingerprint density at radius 3 is 2.27 bits per heavy atom. The monoisotopic (exact) mass is 232 g/mol. The predicted octanol–water partition coefficient (Wildman–Crippen LogP) is -0.467. The average Bonchev–Trinajstić information content (AvgIpc) is 2.79. The minimum absolute atomic E-state index is 0.0146. The zero-order valence-corrected chi connectivity index (χ0v) is 9.59. The van der Waals surface area contributed by atoms with E-state index in [1.54, 1.807) is 0 Å². The Kier molecular flexibility index (Phi) is 2.31. The van der Waals surface area contributed by atoms with Crippen molar-refractivity contribution >= 4 is 15.9 Å². The number of carbonyl (C=O) groups is 1. The number of sulfonamides is 1. The molecule has 1 saturated heterocycles. The molecule has 1 atom stereocenters. The molecule has 0 aromatic rings. The van der Waals surface area contributed by atoms with Crippen LogP contribution in [0, 0.1) is 11.3 Å². The fraction of sp³-hybridized carbons (Fsp3) is 0.889. The van der Waals surface area contributed by atoms with Crippen LogP contribution in [-0.2, 0) is 14.8 Å². The second kappa shape index (κ2) is 3.18. The highest BCUT2D eigenvalue weighted by Gasteiger charge is 2.58. The van der Waals surface area contributed by atoms with Gasteiger partial charge in [0.2, 0.25) is 15.9 Å². The van der Waals surface area contributed by atoms with E-state index in [2.05, 4.69) is 0 Å². The van der Waals surface area contributed by atoms with Crippen molar-refractivity contribution in [1.29, 1.82) is 0 Å². The molecule has 0 radical (unpaired) electrons. The lowest BCUT2D eigenvalue weighted by Crippen LogP contribution is -2.39. The lowest BCUT2D eigenvalue weighted by atomic mass is 9.92. The zero-order chi connectivity index (χ0) is 11.3. The van der Waals surface area contributed by atoms with Crippen LogP contribution >= 0.6 is 0 Å². The van der Waals surface area contributed by atoms with Crippen molar-refractivity contribution in [2.75, 3.05) is 19.3 Å². The number of amides is 1. The van der Waals surface area contributed by atoms with Gasteiger partial charge in [-0.15, -0.1) is 0 Å². The SMILES string of the molecule is CS(=O)(=O)N1CCC2(CC1)CC2C(N)=O. The molecule has 2 N–H and O–H groups in total. The van der Waals surface area contributed by atoms with Gasteiger partial charge in [0.25, 0.3) is 0 Å². The molecule has 2 aliphatic rings. The molecule has 0 aromatic carbocycles. The fourth-order valence-electron chi connectivity index (χ4n) is 2.57. The molecule has 1 saturated carbocycles. The van der Waals surface area contributed by atoms with E-state index >= 15 is 0 Å². The van der Waals surface area contributed by atoms with Gasteiger partial charge in [-0.3, -0.25) is 4.79 Å². The topological polar surface area (TPSA) is 80.5 Å². The van der Waals surface area contributed by atoms with E-state index in [9.17, 15) is 13.2 Å². The van der Waals surface area contributed by atoms with Crippen molar-refractivity contribution < 1.29 is 13.2 Å². The van der Waals surface area contributed by atoms with E-state index in [0.29, 0.717) is 13.1 Å². The first-order valence-corrected chi connectivity index (χ1v) is 6.94. The van der Waals surface area contributed by atoms with E-state index in [1.807, 2.05) is 0 Å². The molecule has 1 aliphatic heterocycles. The maximum Gasteiger partial charge on any atom is 0.221 e. The molecule has 6 heteroatoms. The number of carbonyl (C=O) groups excluding carboxylic acids is 1. The molecule has 1 amide bonds. The normalized spacial score (nSPS) is 30.3. The highest BCUT2D eigenvalue weighted by Crippen LogP contribution is 2.59. The summed E-state index contributed by atoms with van der Waals surface area (Å²) in [4.78, 5) is 11.0. The molecule has 15 heavy (non-hydrogen) atoms. The van der Waals surface area contributed by atoms with Crippen LogP contribution < -0.4 is 5.73 Å². The number of hydrogen-bond acceptors (Lipinski definition) is 3. The van der Waals surface area contributed by atoms with Gasteiger partial charge in [-0.1, -0.05) is 0 Å². The lowest BCUT2D eigenvalue weighted by Gasteiger charge is -2.30. The summed E-state index contributed by atoms with van der Waals surface area (Å²) in [5, 5.41) is 0. The number of rotatable bonds is 2. The van der Waals surface area contributed by atoms with Gasteiger partial charge in [-0.05, 0) is 24.7 Å². The quantitative estimate of drug-likeness (QED) is 0.699.